The molecule has 1 amide bonds. The zero-order valence-corrected chi connectivity index (χ0v) is 9.88. The van der Waals surface area contributed by atoms with E-state index < -0.39 is 0 Å². The van der Waals surface area contributed by atoms with Crippen LogP contribution in [0.1, 0.15) is 19.4 Å². The van der Waals surface area contributed by atoms with Crippen LogP contribution in [0.2, 0.25) is 0 Å². The topological polar surface area (TPSA) is 29.1 Å². The normalized spacial score (nSPS) is 11.4. The molecule has 0 aliphatic carbocycles. The van der Waals surface area contributed by atoms with Crippen LogP contribution < -0.4 is 5.32 Å². The predicted molar refractivity (Wildman–Crippen MR) is 66.5 cm³/mol. The van der Waals surface area contributed by atoms with Crippen LogP contribution in [0.5, 0.6) is 0 Å². The largest absolute Gasteiger partial charge is 0.341 e. The second-order valence-electron chi connectivity index (χ2n) is 3.64. The van der Waals surface area contributed by atoms with Crippen LogP contribution in [0.4, 0.5) is 4.39 Å². The van der Waals surface area contributed by atoms with E-state index in [2.05, 4.69) is 11.2 Å². The van der Waals surface area contributed by atoms with Gasteiger partial charge in [-0.1, -0.05) is 18.1 Å². The van der Waals surface area contributed by atoms with Gasteiger partial charge in [0.2, 0.25) is 5.91 Å². The minimum Gasteiger partial charge on any atom is -0.341 e. The van der Waals surface area contributed by atoms with Crippen molar-refractivity contribution in [1.29, 1.82) is 0 Å². The van der Waals surface area contributed by atoms with E-state index in [1.165, 1.54) is 12.1 Å². The molecule has 0 bridgehead atoms. The molecule has 0 aromatic heterocycles. The average Bonchev–Trinajstić information content (AvgIpc) is 2.35. The fourth-order valence-corrected chi connectivity index (χ4v) is 1.35. The number of allylic oxidation sites excluding steroid dienone is 1. The molecule has 88 valence electrons. The van der Waals surface area contributed by atoms with Crippen LogP contribution in [0.3, 0.4) is 0 Å². The van der Waals surface area contributed by atoms with E-state index in [0.717, 1.165) is 11.1 Å². The molecule has 0 atom stereocenters. The first kappa shape index (κ1) is 13.0. The summed E-state index contributed by atoms with van der Waals surface area (Å²) in [6.45, 7) is 3.73. The molecule has 2 nitrogen and oxygen atoms in total. The Morgan fingerprint density at radius 3 is 2.47 bits per heavy atom. The Bertz CT molecular complexity index is 480. The summed E-state index contributed by atoms with van der Waals surface area (Å²) < 4.78 is 12.8. The minimum atomic E-state index is -0.295. The highest BCUT2D eigenvalue weighted by Gasteiger charge is 2.08. The molecule has 0 aliphatic heterocycles. The number of halogens is 1. The van der Waals surface area contributed by atoms with E-state index in [0.29, 0.717) is 5.57 Å². The Hall–Kier alpha value is -2.08. The number of terminal acetylenes is 1. The summed E-state index contributed by atoms with van der Waals surface area (Å²) in [7, 11) is 0. The molecular formula is C14H14FNO. The van der Waals surface area contributed by atoms with Gasteiger partial charge in [-0.05, 0) is 37.1 Å². The van der Waals surface area contributed by atoms with Crippen molar-refractivity contribution in [3.8, 4) is 12.3 Å². The van der Waals surface area contributed by atoms with Crippen molar-refractivity contribution in [3.05, 3.63) is 41.2 Å². The molecule has 0 heterocycles. The van der Waals surface area contributed by atoms with Crippen LogP contribution in [-0.2, 0) is 4.79 Å². The van der Waals surface area contributed by atoms with E-state index in [-0.39, 0.29) is 18.3 Å². The van der Waals surface area contributed by atoms with Gasteiger partial charge in [-0.25, -0.2) is 4.39 Å². The summed E-state index contributed by atoms with van der Waals surface area (Å²) >= 11 is 0. The number of benzene rings is 1. The summed E-state index contributed by atoms with van der Waals surface area (Å²) in [5.74, 6) is 1.84. The fourth-order valence-electron chi connectivity index (χ4n) is 1.35. The van der Waals surface area contributed by atoms with Gasteiger partial charge in [-0.2, -0.15) is 0 Å². The third kappa shape index (κ3) is 3.46. The lowest BCUT2D eigenvalue weighted by molar-refractivity contribution is -0.117. The van der Waals surface area contributed by atoms with Crippen molar-refractivity contribution in [3.63, 3.8) is 0 Å². The van der Waals surface area contributed by atoms with Gasteiger partial charge in [0.05, 0.1) is 6.54 Å². The predicted octanol–water partition coefficient (Wildman–Crippen LogP) is 2.37. The monoisotopic (exact) mass is 231 g/mol. The maximum absolute atomic E-state index is 12.8. The van der Waals surface area contributed by atoms with E-state index >= 15 is 0 Å². The third-order valence-corrected chi connectivity index (χ3v) is 2.53. The van der Waals surface area contributed by atoms with Crippen LogP contribution in [0.25, 0.3) is 5.57 Å². The first-order valence-corrected chi connectivity index (χ1v) is 5.21. The van der Waals surface area contributed by atoms with Gasteiger partial charge in [-0.15, -0.1) is 6.42 Å². The number of nitrogens with one attached hydrogen (secondary N) is 1. The lowest BCUT2D eigenvalue weighted by Crippen LogP contribution is -2.24. The number of rotatable bonds is 3. The van der Waals surface area contributed by atoms with Crippen molar-refractivity contribution in [2.24, 2.45) is 0 Å². The highest BCUT2D eigenvalue weighted by atomic mass is 19.1. The molecule has 3 heteroatoms. The first-order valence-electron chi connectivity index (χ1n) is 5.21. The Labute approximate surface area is 101 Å². The summed E-state index contributed by atoms with van der Waals surface area (Å²) in [5.41, 5.74) is 2.20. The summed E-state index contributed by atoms with van der Waals surface area (Å²) in [6, 6.07) is 6.02. The zero-order valence-electron chi connectivity index (χ0n) is 9.88. The maximum atomic E-state index is 12.8. The van der Waals surface area contributed by atoms with Crippen LogP contribution in [-0.4, -0.2) is 12.5 Å². The van der Waals surface area contributed by atoms with E-state index in [4.69, 9.17) is 6.42 Å². The average molecular weight is 231 g/mol. The molecule has 0 radical (unpaired) electrons. The van der Waals surface area contributed by atoms with Gasteiger partial charge in [0, 0.05) is 5.57 Å². The Balaban J connectivity index is 2.93. The number of hydrogen-bond acceptors (Lipinski definition) is 1. The molecule has 1 aromatic rings. The summed E-state index contributed by atoms with van der Waals surface area (Å²) in [4.78, 5) is 11.6. The number of carbonyl (C=O) groups excluding carboxylic acids is 1. The number of amides is 1. The van der Waals surface area contributed by atoms with E-state index in [1.807, 2.05) is 6.92 Å². The lowest BCUT2D eigenvalue weighted by Gasteiger charge is -2.07. The van der Waals surface area contributed by atoms with Gasteiger partial charge in [0.1, 0.15) is 5.82 Å². The van der Waals surface area contributed by atoms with Crippen molar-refractivity contribution in [2.45, 2.75) is 13.8 Å². The van der Waals surface area contributed by atoms with Gasteiger partial charge < -0.3 is 5.32 Å². The highest BCUT2D eigenvalue weighted by Crippen LogP contribution is 2.18. The Morgan fingerprint density at radius 1 is 1.35 bits per heavy atom. The molecule has 1 rings (SSSR count). The van der Waals surface area contributed by atoms with E-state index in [1.54, 1.807) is 19.1 Å². The zero-order chi connectivity index (χ0) is 12.8. The highest BCUT2D eigenvalue weighted by molar-refractivity contribution is 6.00. The molecule has 0 saturated heterocycles. The molecule has 0 aliphatic rings. The van der Waals surface area contributed by atoms with E-state index in [9.17, 15) is 9.18 Å². The SMILES string of the molecule is C#CCNC(=O)/C(C)=C(\C)c1ccc(F)cc1. The Morgan fingerprint density at radius 2 is 1.94 bits per heavy atom. The molecule has 1 N–H and O–H groups in total. The second-order valence-corrected chi connectivity index (χ2v) is 3.64. The van der Waals surface area contributed by atoms with Crippen molar-refractivity contribution >= 4 is 11.5 Å². The molecular weight excluding hydrogens is 217 g/mol. The smallest absolute Gasteiger partial charge is 0.247 e. The lowest BCUT2D eigenvalue weighted by atomic mass is 10.0. The molecule has 1 aromatic carbocycles. The minimum absolute atomic E-state index is 0.201. The number of hydrogen-bond donors (Lipinski definition) is 1. The number of carbonyl (C=O) groups is 1. The van der Waals surface area contributed by atoms with Crippen molar-refractivity contribution < 1.29 is 9.18 Å². The molecule has 0 saturated carbocycles. The van der Waals surface area contributed by atoms with Gasteiger partial charge in [0.15, 0.2) is 0 Å². The maximum Gasteiger partial charge on any atom is 0.247 e. The molecule has 0 unspecified atom stereocenters. The van der Waals surface area contributed by atoms with Crippen molar-refractivity contribution in [2.75, 3.05) is 6.54 Å². The molecule has 0 fully saturated rings. The summed E-state index contributed by atoms with van der Waals surface area (Å²) in [5, 5.41) is 2.59. The third-order valence-electron chi connectivity index (χ3n) is 2.53. The standard InChI is InChI=1S/C14H14FNO/c1-4-9-16-14(17)11(3)10(2)12-5-7-13(15)8-6-12/h1,5-8H,9H2,2-3H3,(H,16,17)/b11-10+. The quantitative estimate of drug-likeness (QED) is 0.628. The van der Waals surface area contributed by atoms with Crippen LogP contribution in [0, 0.1) is 18.2 Å². The second kappa shape index (κ2) is 5.86. The first-order chi connectivity index (χ1) is 8.06. The van der Waals surface area contributed by atoms with Gasteiger partial charge in [0.25, 0.3) is 0 Å². The Kier molecular flexibility index (Phi) is 4.47. The van der Waals surface area contributed by atoms with Crippen molar-refractivity contribution in [1.82, 2.24) is 5.32 Å². The summed E-state index contributed by atoms with van der Waals surface area (Å²) in [6.07, 6.45) is 5.06. The van der Waals surface area contributed by atoms with Gasteiger partial charge >= 0.3 is 0 Å². The fraction of sp³-hybridized carbons (Fsp3) is 0.214. The van der Waals surface area contributed by atoms with Gasteiger partial charge in [-0.3, -0.25) is 4.79 Å². The van der Waals surface area contributed by atoms with Crippen LogP contribution in [0.15, 0.2) is 29.8 Å². The molecule has 17 heavy (non-hydrogen) atoms. The van der Waals surface area contributed by atoms with Crippen LogP contribution >= 0.6 is 0 Å². The molecule has 0 spiro atoms.